The number of ether oxygens (including phenoxy) is 1. The second kappa shape index (κ2) is 10.3. The van der Waals surface area contributed by atoms with Crippen molar-refractivity contribution in [3.63, 3.8) is 0 Å². The molecule has 10 heteroatoms. The molecule has 0 unspecified atom stereocenters. The van der Waals surface area contributed by atoms with E-state index in [1.807, 2.05) is 10.8 Å². The molecule has 3 rings (SSSR count). The van der Waals surface area contributed by atoms with Crippen molar-refractivity contribution in [3.8, 4) is 5.75 Å². The molecule has 0 spiro atoms. The van der Waals surface area contributed by atoms with E-state index in [4.69, 9.17) is 4.74 Å². The van der Waals surface area contributed by atoms with Gasteiger partial charge in [-0.05, 0) is 37.5 Å². The minimum atomic E-state index is -3.68. The molecule has 30 heavy (non-hydrogen) atoms. The minimum Gasteiger partial charge on any atom is -0.495 e. The number of aromatic nitrogens is 2. The van der Waals surface area contributed by atoms with Gasteiger partial charge in [-0.1, -0.05) is 25.1 Å². The third-order valence-electron chi connectivity index (χ3n) is 4.85. The normalized spacial score (nSPS) is 15.1. The topological polar surface area (TPSA) is 93.5 Å². The monoisotopic (exact) mass is 452 g/mol. The predicted octanol–water partition coefficient (Wildman–Crippen LogP) is 3.21. The summed E-state index contributed by atoms with van der Waals surface area (Å²) >= 11 is 1.35. The van der Waals surface area contributed by atoms with Gasteiger partial charge in [0.25, 0.3) is 0 Å². The van der Waals surface area contributed by atoms with Gasteiger partial charge in [-0.3, -0.25) is 4.79 Å². The van der Waals surface area contributed by atoms with Gasteiger partial charge in [0.1, 0.15) is 10.6 Å². The van der Waals surface area contributed by atoms with Crippen LogP contribution in [0.25, 0.3) is 0 Å². The van der Waals surface area contributed by atoms with Crippen molar-refractivity contribution in [1.82, 2.24) is 13.9 Å². The van der Waals surface area contributed by atoms with E-state index in [0.717, 1.165) is 37.4 Å². The molecule has 2 aromatic rings. The molecule has 1 aliphatic heterocycles. The van der Waals surface area contributed by atoms with Crippen molar-refractivity contribution in [3.05, 3.63) is 30.6 Å². The standard InChI is InChI=1S/C20H28N4O4S2/c1-3-10-23-13-9-21-20(23)29-15-19(25)22-16-7-8-17(28-2)18(14-16)30(26,27)24-11-5-4-6-12-24/h7-9,13-14H,3-6,10-12,15H2,1-2H3,(H,22,25). The molecule has 1 saturated heterocycles. The van der Waals surface area contributed by atoms with E-state index in [1.54, 1.807) is 18.3 Å². The van der Waals surface area contributed by atoms with Crippen molar-refractivity contribution in [2.24, 2.45) is 0 Å². The number of hydrogen-bond acceptors (Lipinski definition) is 6. The smallest absolute Gasteiger partial charge is 0.246 e. The van der Waals surface area contributed by atoms with Crippen molar-refractivity contribution in [2.75, 3.05) is 31.3 Å². The number of hydrogen-bond donors (Lipinski definition) is 1. The van der Waals surface area contributed by atoms with Gasteiger partial charge >= 0.3 is 0 Å². The quantitative estimate of drug-likeness (QED) is 0.587. The van der Waals surface area contributed by atoms with Gasteiger partial charge in [-0.25, -0.2) is 13.4 Å². The van der Waals surface area contributed by atoms with Gasteiger partial charge in [0.2, 0.25) is 15.9 Å². The largest absolute Gasteiger partial charge is 0.495 e. The maximum absolute atomic E-state index is 13.1. The minimum absolute atomic E-state index is 0.0795. The Kier molecular flexibility index (Phi) is 7.79. The molecule has 0 saturated carbocycles. The van der Waals surface area contributed by atoms with Crippen LogP contribution in [-0.4, -0.2) is 54.1 Å². The number of anilines is 1. The van der Waals surface area contributed by atoms with E-state index < -0.39 is 10.0 Å². The predicted molar refractivity (Wildman–Crippen MR) is 117 cm³/mol. The van der Waals surface area contributed by atoms with Gasteiger partial charge < -0.3 is 14.6 Å². The van der Waals surface area contributed by atoms with Crippen LogP contribution in [0.4, 0.5) is 5.69 Å². The number of nitrogens with zero attached hydrogens (tertiary/aromatic N) is 3. The van der Waals surface area contributed by atoms with Crippen LogP contribution in [0.2, 0.25) is 0 Å². The van der Waals surface area contributed by atoms with Crippen LogP contribution in [0, 0.1) is 0 Å². The first kappa shape index (κ1) is 22.6. The van der Waals surface area contributed by atoms with Crippen LogP contribution in [0.5, 0.6) is 5.75 Å². The van der Waals surface area contributed by atoms with Gasteiger partial charge in [-0.2, -0.15) is 4.31 Å². The molecular weight excluding hydrogens is 424 g/mol. The lowest BCUT2D eigenvalue weighted by molar-refractivity contribution is -0.113. The van der Waals surface area contributed by atoms with Crippen LogP contribution >= 0.6 is 11.8 Å². The third-order valence-corrected chi connectivity index (χ3v) is 7.78. The zero-order chi connectivity index (χ0) is 21.6. The second-order valence-corrected chi connectivity index (χ2v) is 9.92. The fourth-order valence-electron chi connectivity index (χ4n) is 3.37. The summed E-state index contributed by atoms with van der Waals surface area (Å²) < 4.78 is 35.0. The SMILES string of the molecule is CCCn1ccnc1SCC(=O)Nc1ccc(OC)c(S(=O)(=O)N2CCCCC2)c1. The lowest BCUT2D eigenvalue weighted by atomic mass is 10.2. The number of imidazole rings is 1. The molecule has 1 aromatic carbocycles. The van der Waals surface area contributed by atoms with Crippen molar-refractivity contribution < 1.29 is 17.9 Å². The number of thioether (sulfide) groups is 1. The summed E-state index contributed by atoms with van der Waals surface area (Å²) in [6.07, 6.45) is 7.33. The molecule has 0 atom stereocenters. The van der Waals surface area contributed by atoms with E-state index in [9.17, 15) is 13.2 Å². The Bertz CT molecular complexity index is 969. The number of sulfonamides is 1. The highest BCUT2D eigenvalue weighted by molar-refractivity contribution is 7.99. The molecule has 1 aliphatic rings. The number of carbonyl (C=O) groups is 1. The molecule has 0 bridgehead atoms. The Morgan fingerprint density at radius 2 is 2.03 bits per heavy atom. The maximum Gasteiger partial charge on any atom is 0.246 e. The number of benzene rings is 1. The van der Waals surface area contributed by atoms with Crippen LogP contribution < -0.4 is 10.1 Å². The van der Waals surface area contributed by atoms with E-state index in [0.29, 0.717) is 18.8 Å². The highest BCUT2D eigenvalue weighted by Gasteiger charge is 2.29. The van der Waals surface area contributed by atoms with E-state index >= 15 is 0 Å². The second-order valence-electron chi connectivity index (χ2n) is 7.07. The molecule has 1 aromatic heterocycles. The molecule has 8 nitrogen and oxygen atoms in total. The summed E-state index contributed by atoms with van der Waals surface area (Å²) in [5.74, 6) is 0.230. The molecule has 1 amide bonds. The van der Waals surface area contributed by atoms with E-state index in [2.05, 4.69) is 17.2 Å². The lowest BCUT2D eigenvalue weighted by Crippen LogP contribution is -2.35. The first-order valence-corrected chi connectivity index (χ1v) is 12.5. The molecule has 2 heterocycles. The maximum atomic E-state index is 13.1. The first-order chi connectivity index (χ1) is 14.5. The highest BCUT2D eigenvalue weighted by atomic mass is 32.2. The van der Waals surface area contributed by atoms with Gasteiger partial charge in [-0.15, -0.1) is 0 Å². The highest BCUT2D eigenvalue weighted by Crippen LogP contribution is 2.31. The summed E-state index contributed by atoms with van der Waals surface area (Å²) in [6.45, 7) is 3.94. The summed E-state index contributed by atoms with van der Waals surface area (Å²) in [4.78, 5) is 16.8. The third kappa shape index (κ3) is 5.35. The van der Waals surface area contributed by atoms with Gasteiger partial charge in [0, 0.05) is 37.7 Å². The number of carbonyl (C=O) groups excluding carboxylic acids is 1. The van der Waals surface area contributed by atoms with Crippen LogP contribution in [0.1, 0.15) is 32.6 Å². The summed E-state index contributed by atoms with van der Waals surface area (Å²) in [5, 5.41) is 3.57. The first-order valence-electron chi connectivity index (χ1n) is 10.1. The molecular formula is C20H28N4O4S2. The average molecular weight is 453 g/mol. The summed E-state index contributed by atoms with van der Waals surface area (Å²) in [6, 6.07) is 4.70. The van der Waals surface area contributed by atoms with Crippen LogP contribution in [0.3, 0.4) is 0 Å². The molecule has 1 fully saturated rings. The summed E-state index contributed by atoms with van der Waals surface area (Å²) in [5.41, 5.74) is 0.425. The van der Waals surface area contributed by atoms with Crippen molar-refractivity contribution in [2.45, 2.75) is 49.2 Å². The average Bonchev–Trinajstić information content (AvgIpc) is 3.20. The number of aryl methyl sites for hydroxylation is 1. The number of piperidine rings is 1. The number of nitrogens with one attached hydrogen (secondary N) is 1. The Morgan fingerprint density at radius 1 is 1.27 bits per heavy atom. The Hall–Kier alpha value is -2.04. The molecule has 0 radical (unpaired) electrons. The van der Waals surface area contributed by atoms with Crippen molar-refractivity contribution >= 4 is 33.4 Å². The molecule has 164 valence electrons. The van der Waals surface area contributed by atoms with Gasteiger partial charge in [0.05, 0.1) is 12.9 Å². The van der Waals surface area contributed by atoms with E-state index in [1.165, 1.54) is 29.2 Å². The number of amides is 1. The lowest BCUT2D eigenvalue weighted by Gasteiger charge is -2.26. The zero-order valence-corrected chi connectivity index (χ0v) is 19.0. The molecule has 0 aliphatic carbocycles. The van der Waals surface area contributed by atoms with Gasteiger partial charge in [0.15, 0.2) is 5.16 Å². The summed E-state index contributed by atoms with van der Waals surface area (Å²) in [7, 11) is -2.24. The fraction of sp³-hybridized carbons (Fsp3) is 0.500. The Labute approximate surface area is 182 Å². The zero-order valence-electron chi connectivity index (χ0n) is 17.3. The van der Waals surface area contributed by atoms with Crippen LogP contribution in [0.15, 0.2) is 40.6 Å². The number of methoxy groups -OCH3 is 1. The Morgan fingerprint density at radius 3 is 2.73 bits per heavy atom. The van der Waals surface area contributed by atoms with Crippen molar-refractivity contribution in [1.29, 1.82) is 0 Å². The fourth-order valence-corrected chi connectivity index (χ4v) is 5.86. The molecule has 1 N–H and O–H groups in total. The van der Waals surface area contributed by atoms with Crippen LogP contribution in [-0.2, 0) is 21.4 Å². The number of rotatable bonds is 9. The van der Waals surface area contributed by atoms with E-state index in [-0.39, 0.29) is 22.3 Å². The Balaban J connectivity index is 1.71.